The van der Waals surface area contributed by atoms with Gasteiger partial charge in [-0.25, -0.2) is 22.4 Å². The molecule has 8 nitrogen and oxygen atoms in total. The van der Waals surface area contributed by atoms with E-state index < -0.39 is 28.1 Å². The molecule has 5 rings (SSSR count). The van der Waals surface area contributed by atoms with Gasteiger partial charge in [-0.2, -0.15) is 13.2 Å². The molecule has 210 valence electrons. The number of hydrogen-bond acceptors (Lipinski definition) is 6. The number of aromatic nitrogens is 3. The maximum Gasteiger partial charge on any atom is 0.471 e. The van der Waals surface area contributed by atoms with Gasteiger partial charge in [0.15, 0.2) is 0 Å². The van der Waals surface area contributed by atoms with E-state index in [2.05, 4.69) is 15.3 Å². The highest BCUT2D eigenvalue weighted by molar-refractivity contribution is 7.90. The molecule has 2 heterocycles. The smallest absolute Gasteiger partial charge is 0.351 e. The lowest BCUT2D eigenvalue weighted by molar-refractivity contribution is -0.186. The van der Waals surface area contributed by atoms with Crippen LogP contribution in [0.1, 0.15) is 25.7 Å². The second-order valence-corrected chi connectivity index (χ2v) is 11.9. The Hall–Kier alpha value is -3.64. The van der Waals surface area contributed by atoms with Crippen LogP contribution in [0.5, 0.6) is 0 Å². The van der Waals surface area contributed by atoms with Crippen molar-refractivity contribution in [1.29, 1.82) is 0 Å². The molecule has 2 aromatic heterocycles. The fraction of sp³-hybridized carbons (Fsp3) is 0.296. The molecule has 40 heavy (non-hydrogen) atoms. The standard InChI is InChI=1S/C27H25ClF3N5O3S/c1-35(25(37)27(29,30)31)18-9-7-8-17(14-18)33-26-32-15-22(28)24(34-26)21-16-36(23-13-6-5-12-20(21)23)40(38,39)19-10-3-2-4-11-19/h2-6,10-13,15-18H,7-9,14H2,1H3,(H,32,33,34)/t17-,18+/m1/s1. The van der Waals surface area contributed by atoms with Crippen LogP contribution in [-0.2, 0) is 14.8 Å². The van der Waals surface area contributed by atoms with Gasteiger partial charge in [-0.1, -0.05) is 48.0 Å². The number of para-hydroxylation sites is 1. The van der Waals surface area contributed by atoms with E-state index in [0.29, 0.717) is 41.4 Å². The zero-order valence-corrected chi connectivity index (χ0v) is 22.8. The first kappa shape index (κ1) is 27.9. The maximum atomic E-state index is 13.5. The minimum atomic E-state index is -4.93. The number of halogens is 4. The highest BCUT2D eigenvalue weighted by Gasteiger charge is 2.43. The van der Waals surface area contributed by atoms with Crippen LogP contribution in [0.25, 0.3) is 22.2 Å². The Labute approximate surface area is 233 Å². The first-order chi connectivity index (χ1) is 19.0. The number of fused-ring (bicyclic) bond motifs is 1. The summed E-state index contributed by atoms with van der Waals surface area (Å²) in [7, 11) is -2.76. The van der Waals surface area contributed by atoms with Crippen LogP contribution >= 0.6 is 11.6 Å². The van der Waals surface area contributed by atoms with Crippen molar-refractivity contribution < 1.29 is 26.4 Å². The van der Waals surface area contributed by atoms with Gasteiger partial charge in [0.2, 0.25) is 5.95 Å². The lowest BCUT2D eigenvalue weighted by Gasteiger charge is -2.35. The Morgan fingerprint density at radius 1 is 1.10 bits per heavy atom. The number of carbonyl (C=O) groups excluding carboxylic acids is 1. The number of nitrogens with one attached hydrogen (secondary N) is 1. The SMILES string of the molecule is CN(C(=O)C(F)(F)F)[C@H]1CCC[C@@H](Nc2ncc(Cl)c(-c3cn(S(=O)(=O)c4ccccc4)c4ccccc34)n2)C1. The van der Waals surface area contributed by atoms with Crippen molar-refractivity contribution in [3.05, 3.63) is 72.0 Å². The first-order valence-corrected chi connectivity index (χ1v) is 14.3. The van der Waals surface area contributed by atoms with Crippen LogP contribution in [0.15, 0.2) is 71.9 Å². The summed E-state index contributed by atoms with van der Waals surface area (Å²) in [6.07, 6.45) is -0.0596. The van der Waals surface area contributed by atoms with E-state index in [1.54, 1.807) is 42.5 Å². The Morgan fingerprint density at radius 2 is 1.80 bits per heavy atom. The third kappa shape index (κ3) is 5.37. The quantitative estimate of drug-likeness (QED) is 0.307. The highest BCUT2D eigenvalue weighted by atomic mass is 35.5. The van der Waals surface area contributed by atoms with Gasteiger partial charge >= 0.3 is 12.1 Å². The van der Waals surface area contributed by atoms with E-state index in [1.807, 2.05) is 0 Å². The number of benzene rings is 2. The normalized spacial score (nSPS) is 18.0. The summed E-state index contributed by atoms with van der Waals surface area (Å²) < 4.78 is 67.0. The summed E-state index contributed by atoms with van der Waals surface area (Å²) in [6, 6.07) is 14.1. The van der Waals surface area contributed by atoms with Gasteiger partial charge in [0.25, 0.3) is 10.0 Å². The molecule has 0 aliphatic heterocycles. The van der Waals surface area contributed by atoms with E-state index in [0.717, 1.165) is 4.90 Å². The van der Waals surface area contributed by atoms with Crippen LogP contribution in [0.2, 0.25) is 5.02 Å². The minimum absolute atomic E-state index is 0.124. The lowest BCUT2D eigenvalue weighted by atomic mass is 9.90. The molecule has 1 aliphatic carbocycles. The number of carbonyl (C=O) groups is 1. The first-order valence-electron chi connectivity index (χ1n) is 12.5. The molecular formula is C27H25ClF3N5O3S. The Kier molecular flexibility index (Phi) is 7.49. The summed E-state index contributed by atoms with van der Waals surface area (Å²) >= 11 is 6.49. The lowest BCUT2D eigenvalue weighted by Crippen LogP contribution is -2.48. The summed E-state index contributed by atoms with van der Waals surface area (Å²) in [5, 5.41) is 3.97. The molecule has 2 atom stereocenters. The van der Waals surface area contributed by atoms with Gasteiger partial charge < -0.3 is 10.2 Å². The largest absolute Gasteiger partial charge is 0.471 e. The van der Waals surface area contributed by atoms with E-state index in [9.17, 15) is 26.4 Å². The average molecular weight is 592 g/mol. The summed E-state index contributed by atoms with van der Waals surface area (Å²) in [5.41, 5.74) is 1.22. The monoisotopic (exact) mass is 591 g/mol. The van der Waals surface area contributed by atoms with Crippen molar-refractivity contribution in [2.24, 2.45) is 0 Å². The van der Waals surface area contributed by atoms with E-state index in [-0.39, 0.29) is 28.3 Å². The average Bonchev–Trinajstić information content (AvgIpc) is 3.34. The van der Waals surface area contributed by atoms with Crippen LogP contribution < -0.4 is 5.32 Å². The molecular weight excluding hydrogens is 567 g/mol. The summed E-state index contributed by atoms with van der Waals surface area (Å²) in [6.45, 7) is 0. The van der Waals surface area contributed by atoms with E-state index >= 15 is 0 Å². The third-order valence-corrected chi connectivity index (χ3v) is 9.03. The zero-order chi connectivity index (χ0) is 28.7. The Bertz CT molecular complexity index is 1660. The van der Waals surface area contributed by atoms with E-state index in [4.69, 9.17) is 11.6 Å². The molecule has 1 fully saturated rings. The molecule has 1 N–H and O–H groups in total. The predicted molar refractivity (Wildman–Crippen MR) is 145 cm³/mol. The summed E-state index contributed by atoms with van der Waals surface area (Å²) in [5.74, 6) is -1.68. The van der Waals surface area contributed by atoms with Gasteiger partial charge in [-0.05, 0) is 43.9 Å². The number of hydrogen-bond donors (Lipinski definition) is 1. The third-order valence-electron chi connectivity index (χ3n) is 7.07. The zero-order valence-electron chi connectivity index (χ0n) is 21.3. The van der Waals surface area contributed by atoms with Gasteiger partial charge in [-0.15, -0.1) is 0 Å². The number of nitrogens with zero attached hydrogens (tertiary/aromatic N) is 4. The van der Waals surface area contributed by atoms with Crippen LogP contribution in [-0.4, -0.2) is 58.5 Å². The van der Waals surface area contributed by atoms with Crippen LogP contribution in [0.4, 0.5) is 19.1 Å². The highest BCUT2D eigenvalue weighted by Crippen LogP contribution is 2.36. The molecule has 2 aromatic carbocycles. The number of rotatable bonds is 6. The molecule has 0 radical (unpaired) electrons. The van der Waals surface area contributed by atoms with Gasteiger partial charge in [-0.3, -0.25) is 4.79 Å². The number of amides is 1. The van der Waals surface area contributed by atoms with Gasteiger partial charge in [0.05, 0.1) is 27.3 Å². The molecule has 13 heteroatoms. The van der Waals surface area contributed by atoms with Crippen molar-refractivity contribution in [3.8, 4) is 11.3 Å². The molecule has 0 saturated heterocycles. The van der Waals surface area contributed by atoms with Crippen LogP contribution in [0, 0.1) is 0 Å². The van der Waals surface area contributed by atoms with E-state index in [1.165, 1.54) is 35.5 Å². The Balaban J connectivity index is 1.46. The molecule has 4 aromatic rings. The fourth-order valence-corrected chi connectivity index (χ4v) is 6.65. The fourth-order valence-electron chi connectivity index (χ4n) is 5.06. The van der Waals surface area contributed by atoms with Crippen molar-refractivity contribution >= 4 is 44.4 Å². The van der Waals surface area contributed by atoms with Crippen molar-refractivity contribution in [1.82, 2.24) is 18.8 Å². The summed E-state index contributed by atoms with van der Waals surface area (Å²) in [4.78, 5) is 21.4. The molecule has 0 spiro atoms. The molecule has 0 bridgehead atoms. The second-order valence-electron chi connectivity index (χ2n) is 9.64. The molecule has 1 amide bonds. The topological polar surface area (TPSA) is 97.2 Å². The molecule has 1 aliphatic rings. The Morgan fingerprint density at radius 3 is 2.52 bits per heavy atom. The van der Waals surface area contributed by atoms with Crippen molar-refractivity contribution in [2.45, 2.75) is 48.8 Å². The minimum Gasteiger partial charge on any atom is -0.351 e. The van der Waals surface area contributed by atoms with Crippen molar-refractivity contribution in [3.63, 3.8) is 0 Å². The van der Waals surface area contributed by atoms with Gasteiger partial charge in [0, 0.05) is 36.3 Å². The number of alkyl halides is 3. The van der Waals surface area contributed by atoms with Crippen LogP contribution in [0.3, 0.4) is 0 Å². The maximum absolute atomic E-state index is 13.5. The van der Waals surface area contributed by atoms with Gasteiger partial charge in [0.1, 0.15) is 0 Å². The predicted octanol–water partition coefficient (Wildman–Crippen LogP) is 5.73. The molecule has 0 unspecified atom stereocenters. The molecule has 1 saturated carbocycles. The second kappa shape index (κ2) is 10.7. The van der Waals surface area contributed by atoms with Crippen molar-refractivity contribution in [2.75, 3.05) is 12.4 Å². The number of anilines is 1.